The van der Waals surface area contributed by atoms with Gasteiger partial charge < -0.3 is 14.6 Å². The molecule has 0 fully saturated rings. The van der Waals surface area contributed by atoms with Gasteiger partial charge in [-0.15, -0.1) is 0 Å². The van der Waals surface area contributed by atoms with Crippen molar-refractivity contribution in [3.63, 3.8) is 0 Å². The number of anilines is 1. The average molecular weight is 492 g/mol. The standard InChI is InChI=1S/C32H49N3O/c1-11-15-17-26(19-24(9)13-3)21-33-27-20-28(32(22(5)6)36-18-16-12-2)34-30-25(10)29(14-4)35(23(7)8)31(27)30/h15-20,23-24H,11-14,21H2,1-10H3,(H,33,34)/b17-15-,18-16+,26-19+. The van der Waals surface area contributed by atoms with E-state index in [0.717, 1.165) is 60.5 Å². The van der Waals surface area contributed by atoms with Crippen LogP contribution in [0.5, 0.6) is 0 Å². The van der Waals surface area contributed by atoms with Gasteiger partial charge in [0.2, 0.25) is 0 Å². The number of pyridine rings is 1. The Balaban J connectivity index is 2.74. The van der Waals surface area contributed by atoms with Crippen molar-refractivity contribution in [3.05, 3.63) is 64.7 Å². The summed E-state index contributed by atoms with van der Waals surface area (Å²) < 4.78 is 8.57. The van der Waals surface area contributed by atoms with Crippen LogP contribution in [-0.2, 0) is 11.2 Å². The maximum Gasteiger partial charge on any atom is 0.150 e. The van der Waals surface area contributed by atoms with Gasteiger partial charge in [0.15, 0.2) is 5.76 Å². The number of allylic oxidation sites excluding steroid dienone is 4. The first-order chi connectivity index (χ1) is 17.2. The van der Waals surface area contributed by atoms with Crippen molar-refractivity contribution >= 4 is 22.5 Å². The van der Waals surface area contributed by atoms with Crippen LogP contribution in [0.1, 0.15) is 105 Å². The topological polar surface area (TPSA) is 39.1 Å². The molecule has 0 aromatic carbocycles. The summed E-state index contributed by atoms with van der Waals surface area (Å²) in [6, 6.07) is 2.51. The van der Waals surface area contributed by atoms with E-state index >= 15 is 0 Å². The molecule has 0 saturated heterocycles. The second-order valence-corrected chi connectivity index (χ2v) is 10.2. The molecule has 1 atom stereocenters. The van der Waals surface area contributed by atoms with E-state index in [0.29, 0.717) is 12.0 Å². The molecule has 4 heteroatoms. The minimum Gasteiger partial charge on any atom is -0.463 e. The highest BCUT2D eigenvalue weighted by molar-refractivity contribution is 5.94. The lowest BCUT2D eigenvalue weighted by molar-refractivity contribution is 0.428. The number of nitrogens with zero attached hydrogens (tertiary/aromatic N) is 2. The van der Waals surface area contributed by atoms with E-state index in [4.69, 9.17) is 9.72 Å². The molecule has 0 spiro atoms. The summed E-state index contributed by atoms with van der Waals surface area (Å²) in [6.45, 7) is 22.7. The van der Waals surface area contributed by atoms with E-state index in [-0.39, 0.29) is 0 Å². The minimum atomic E-state index is 0.339. The Morgan fingerprint density at radius 3 is 2.33 bits per heavy atom. The number of ether oxygens (including phenoxy) is 1. The number of fused-ring (bicyclic) bond motifs is 1. The van der Waals surface area contributed by atoms with Crippen LogP contribution < -0.4 is 5.32 Å². The number of rotatable bonds is 13. The summed E-state index contributed by atoms with van der Waals surface area (Å²) >= 11 is 0. The summed E-state index contributed by atoms with van der Waals surface area (Å²) in [5.74, 6) is 1.36. The Labute approximate surface area is 220 Å². The van der Waals surface area contributed by atoms with Crippen LogP contribution >= 0.6 is 0 Å². The normalized spacial score (nSPS) is 13.4. The Hall–Kier alpha value is -2.75. The smallest absolute Gasteiger partial charge is 0.150 e. The molecule has 4 nitrogen and oxygen atoms in total. The predicted molar refractivity (Wildman–Crippen MR) is 158 cm³/mol. The zero-order chi connectivity index (χ0) is 26.8. The molecule has 0 aliphatic carbocycles. The molecule has 198 valence electrons. The summed E-state index contributed by atoms with van der Waals surface area (Å²) in [5.41, 5.74) is 9.23. The second kappa shape index (κ2) is 14.1. The maximum absolute atomic E-state index is 6.11. The van der Waals surface area contributed by atoms with Gasteiger partial charge in [0.05, 0.1) is 23.0 Å². The Morgan fingerprint density at radius 1 is 1.08 bits per heavy atom. The van der Waals surface area contributed by atoms with Crippen molar-refractivity contribution in [2.24, 2.45) is 5.92 Å². The third-order valence-electron chi connectivity index (χ3n) is 6.56. The van der Waals surface area contributed by atoms with Crippen molar-refractivity contribution in [1.82, 2.24) is 9.55 Å². The number of aryl methyl sites for hydroxylation is 1. The van der Waals surface area contributed by atoms with Gasteiger partial charge in [0.1, 0.15) is 5.69 Å². The predicted octanol–water partition coefficient (Wildman–Crippen LogP) is 9.53. The lowest BCUT2D eigenvalue weighted by Gasteiger charge is -2.19. The molecule has 2 aromatic heterocycles. The molecule has 0 aliphatic heterocycles. The average Bonchev–Trinajstić information content (AvgIpc) is 3.14. The molecule has 0 amide bonds. The quantitative estimate of drug-likeness (QED) is 0.224. The molecule has 2 aromatic rings. The molecule has 1 unspecified atom stereocenters. The van der Waals surface area contributed by atoms with Gasteiger partial charge in [0, 0.05) is 18.3 Å². The molecule has 36 heavy (non-hydrogen) atoms. The van der Waals surface area contributed by atoms with Crippen LogP contribution in [-0.4, -0.2) is 16.1 Å². The van der Waals surface area contributed by atoms with Crippen LogP contribution in [0.4, 0.5) is 5.69 Å². The first kappa shape index (κ1) is 29.5. The highest BCUT2D eigenvalue weighted by Gasteiger charge is 2.22. The van der Waals surface area contributed by atoms with Gasteiger partial charge in [-0.25, -0.2) is 4.98 Å². The largest absolute Gasteiger partial charge is 0.463 e. The molecular formula is C32H49N3O. The summed E-state index contributed by atoms with van der Waals surface area (Å²) in [4.78, 5) is 5.18. The number of nitrogens with one attached hydrogen (secondary N) is 1. The lowest BCUT2D eigenvalue weighted by atomic mass is 10.0. The molecule has 2 rings (SSSR count). The van der Waals surface area contributed by atoms with Crippen LogP contribution in [0.3, 0.4) is 0 Å². The number of hydrogen-bond acceptors (Lipinski definition) is 3. The van der Waals surface area contributed by atoms with Gasteiger partial charge >= 0.3 is 0 Å². The zero-order valence-corrected chi connectivity index (χ0v) is 24.5. The van der Waals surface area contributed by atoms with Gasteiger partial charge in [-0.1, -0.05) is 59.3 Å². The molecule has 0 bridgehead atoms. The fourth-order valence-electron chi connectivity index (χ4n) is 4.52. The molecule has 0 saturated carbocycles. The van der Waals surface area contributed by atoms with Gasteiger partial charge in [-0.2, -0.15) is 0 Å². The highest BCUT2D eigenvalue weighted by atomic mass is 16.5. The molecule has 2 heterocycles. The molecule has 1 N–H and O–H groups in total. The SMILES string of the molecule is CC/C=C\C(=C/C(C)CC)CNc1cc(C(O/C=C/CC)=C(C)C)nc2c(C)c(CC)n(C(C)C)c12. The van der Waals surface area contributed by atoms with Crippen molar-refractivity contribution in [1.29, 1.82) is 0 Å². The molecule has 0 aliphatic rings. The maximum atomic E-state index is 6.11. The van der Waals surface area contributed by atoms with E-state index in [9.17, 15) is 0 Å². The van der Waals surface area contributed by atoms with E-state index in [1.54, 1.807) is 6.26 Å². The molecule has 0 radical (unpaired) electrons. The second-order valence-electron chi connectivity index (χ2n) is 10.2. The minimum absolute atomic E-state index is 0.339. The lowest BCUT2D eigenvalue weighted by Crippen LogP contribution is -2.10. The van der Waals surface area contributed by atoms with Crippen LogP contribution in [0.2, 0.25) is 0 Å². The number of aromatic nitrogens is 2. The Morgan fingerprint density at radius 2 is 1.78 bits per heavy atom. The first-order valence-corrected chi connectivity index (χ1v) is 13.8. The van der Waals surface area contributed by atoms with Crippen LogP contribution in [0.15, 0.2) is 47.8 Å². The monoisotopic (exact) mass is 491 g/mol. The zero-order valence-electron chi connectivity index (χ0n) is 24.5. The third kappa shape index (κ3) is 7.15. The van der Waals surface area contributed by atoms with Crippen molar-refractivity contribution in [2.75, 3.05) is 11.9 Å². The van der Waals surface area contributed by atoms with E-state index in [1.807, 2.05) is 6.08 Å². The van der Waals surface area contributed by atoms with Crippen LogP contribution in [0, 0.1) is 12.8 Å². The van der Waals surface area contributed by atoms with Crippen molar-refractivity contribution in [2.45, 2.75) is 101 Å². The van der Waals surface area contributed by atoms with Gasteiger partial charge in [-0.3, -0.25) is 0 Å². The van der Waals surface area contributed by atoms with E-state index in [1.165, 1.54) is 22.3 Å². The van der Waals surface area contributed by atoms with Crippen molar-refractivity contribution in [3.8, 4) is 0 Å². The summed E-state index contributed by atoms with van der Waals surface area (Å²) in [6.07, 6.45) is 14.8. The third-order valence-corrected chi connectivity index (χ3v) is 6.56. The van der Waals surface area contributed by atoms with E-state index < -0.39 is 0 Å². The number of hydrogen-bond donors (Lipinski definition) is 1. The highest BCUT2D eigenvalue weighted by Crippen LogP contribution is 2.36. The van der Waals surface area contributed by atoms with Crippen LogP contribution in [0.25, 0.3) is 16.8 Å². The van der Waals surface area contributed by atoms with Crippen molar-refractivity contribution < 1.29 is 4.74 Å². The van der Waals surface area contributed by atoms with Gasteiger partial charge in [-0.05, 0) is 88.7 Å². The Kier molecular flexibility index (Phi) is 11.6. The molecular weight excluding hydrogens is 442 g/mol. The fraction of sp³-hybridized carbons (Fsp3) is 0.531. The van der Waals surface area contributed by atoms with Gasteiger partial charge in [0.25, 0.3) is 0 Å². The summed E-state index contributed by atoms with van der Waals surface area (Å²) in [5, 5.41) is 3.81. The van der Waals surface area contributed by atoms with E-state index in [2.05, 4.69) is 103 Å². The Bertz CT molecular complexity index is 1120. The fourth-order valence-corrected chi connectivity index (χ4v) is 4.52. The first-order valence-electron chi connectivity index (χ1n) is 13.8. The summed E-state index contributed by atoms with van der Waals surface area (Å²) in [7, 11) is 0.